The summed E-state index contributed by atoms with van der Waals surface area (Å²) >= 11 is 0. The quantitative estimate of drug-likeness (QED) is 0.555. The summed E-state index contributed by atoms with van der Waals surface area (Å²) in [5.74, 6) is 6.23. The Labute approximate surface area is 194 Å². The number of carbonyl (C=O) groups excluding carboxylic acids is 1. The monoisotopic (exact) mass is 431 g/mol. The largest absolute Gasteiger partial charge is 0.352 e. The number of rotatable bonds is 5. The van der Waals surface area contributed by atoms with Crippen LogP contribution in [0.25, 0.3) is 0 Å². The van der Waals surface area contributed by atoms with Gasteiger partial charge in [0.05, 0.1) is 0 Å². The highest BCUT2D eigenvalue weighted by Gasteiger charge is 2.64. The van der Waals surface area contributed by atoms with E-state index in [2.05, 4.69) is 36.5 Å². The topological polar surface area (TPSA) is 29.1 Å². The molecule has 172 valence electrons. The van der Waals surface area contributed by atoms with Crippen LogP contribution < -0.4 is 5.32 Å². The summed E-state index contributed by atoms with van der Waals surface area (Å²) in [6.45, 7) is 2.84. The van der Waals surface area contributed by atoms with E-state index < -0.39 is 0 Å². The zero-order valence-electron chi connectivity index (χ0n) is 20.0. The van der Waals surface area contributed by atoms with Gasteiger partial charge in [0, 0.05) is 12.5 Å². The molecule has 0 aromatic heterocycles. The van der Waals surface area contributed by atoms with Crippen LogP contribution in [0.15, 0.2) is 24.3 Å². The summed E-state index contributed by atoms with van der Waals surface area (Å²) < 4.78 is 0. The molecular formula is C30H41NO. The maximum Gasteiger partial charge on any atom is 0.224 e. The molecule has 0 radical (unpaired) electrons. The lowest BCUT2D eigenvalue weighted by molar-refractivity contribution is -0.182. The maximum atomic E-state index is 14.3. The van der Waals surface area contributed by atoms with Gasteiger partial charge in [-0.25, -0.2) is 0 Å². The van der Waals surface area contributed by atoms with Crippen LogP contribution in [0.4, 0.5) is 0 Å². The first-order chi connectivity index (χ1) is 15.5. The molecule has 2 heteroatoms. The molecule has 2 nitrogen and oxygen atoms in total. The fourth-order valence-electron chi connectivity index (χ4n) is 11.3. The van der Waals surface area contributed by atoms with Gasteiger partial charge in [0.25, 0.3) is 0 Å². The van der Waals surface area contributed by atoms with Crippen molar-refractivity contribution in [2.75, 3.05) is 0 Å². The van der Waals surface area contributed by atoms with Gasteiger partial charge >= 0.3 is 0 Å². The first kappa shape index (κ1) is 20.1. The van der Waals surface area contributed by atoms with E-state index in [4.69, 9.17) is 0 Å². The summed E-state index contributed by atoms with van der Waals surface area (Å²) in [7, 11) is 0. The molecule has 0 saturated heterocycles. The van der Waals surface area contributed by atoms with Crippen molar-refractivity contribution in [3.05, 3.63) is 35.4 Å². The minimum absolute atomic E-state index is 0.280. The predicted molar refractivity (Wildman–Crippen MR) is 128 cm³/mol. The Balaban J connectivity index is 1.23. The summed E-state index contributed by atoms with van der Waals surface area (Å²) in [4.78, 5) is 14.3. The summed E-state index contributed by atoms with van der Waals surface area (Å²) in [5.41, 5.74) is 3.18. The van der Waals surface area contributed by atoms with Gasteiger partial charge in [-0.1, -0.05) is 29.8 Å². The first-order valence-electron chi connectivity index (χ1n) is 13.8. The van der Waals surface area contributed by atoms with E-state index in [1.54, 1.807) is 0 Å². The Bertz CT molecular complexity index is 783. The van der Waals surface area contributed by atoms with Gasteiger partial charge in [-0.15, -0.1) is 0 Å². The molecular weight excluding hydrogens is 390 g/mol. The molecule has 8 saturated carbocycles. The van der Waals surface area contributed by atoms with Gasteiger partial charge in [0.1, 0.15) is 0 Å². The molecule has 1 N–H and O–H groups in total. The van der Waals surface area contributed by atoms with E-state index in [-0.39, 0.29) is 5.92 Å². The third kappa shape index (κ3) is 3.14. The van der Waals surface area contributed by atoms with Crippen molar-refractivity contribution in [2.45, 2.75) is 90.5 Å². The molecule has 0 heterocycles. The molecule has 0 aliphatic heterocycles. The third-order valence-electron chi connectivity index (χ3n) is 11.2. The zero-order chi connectivity index (χ0) is 21.5. The van der Waals surface area contributed by atoms with E-state index >= 15 is 0 Å². The molecule has 0 spiro atoms. The number of nitrogens with one attached hydrogen (secondary N) is 1. The van der Waals surface area contributed by atoms with Gasteiger partial charge in [-0.05, 0) is 136 Å². The number of carbonyl (C=O) groups is 1. The van der Waals surface area contributed by atoms with Gasteiger partial charge in [0.15, 0.2) is 0 Å². The summed E-state index contributed by atoms with van der Waals surface area (Å²) in [6.07, 6.45) is 17.0. The zero-order valence-corrected chi connectivity index (χ0v) is 20.0. The van der Waals surface area contributed by atoms with E-state index in [9.17, 15) is 4.79 Å². The van der Waals surface area contributed by atoms with Crippen molar-refractivity contribution in [2.24, 2.45) is 52.3 Å². The summed E-state index contributed by atoms with van der Waals surface area (Å²) in [6, 6.07) is 8.74. The average molecular weight is 432 g/mol. The van der Waals surface area contributed by atoms with E-state index in [1.807, 2.05) is 0 Å². The molecule has 8 aliphatic rings. The van der Waals surface area contributed by atoms with Gasteiger partial charge in [-0.3, -0.25) is 4.79 Å². The van der Waals surface area contributed by atoms with Crippen molar-refractivity contribution in [1.82, 2.24) is 5.32 Å². The number of amides is 1. The highest BCUT2D eigenvalue weighted by atomic mass is 16.2. The number of hydrogen-bond donors (Lipinski definition) is 1. The van der Waals surface area contributed by atoms with E-state index in [0.717, 1.165) is 35.5 Å². The van der Waals surface area contributed by atoms with Gasteiger partial charge in [-0.2, -0.15) is 0 Å². The van der Waals surface area contributed by atoms with Gasteiger partial charge < -0.3 is 5.32 Å². The van der Waals surface area contributed by atoms with Crippen molar-refractivity contribution >= 4 is 5.91 Å². The minimum atomic E-state index is 0.280. The van der Waals surface area contributed by atoms with Crippen LogP contribution in [0.2, 0.25) is 0 Å². The Morgan fingerprint density at radius 2 is 1.12 bits per heavy atom. The fraction of sp³-hybridized carbons (Fsp3) is 0.767. The highest BCUT2D eigenvalue weighted by Crippen LogP contribution is 2.71. The Morgan fingerprint density at radius 1 is 0.750 bits per heavy atom. The Morgan fingerprint density at radius 3 is 1.50 bits per heavy atom. The SMILES string of the molecule is Cc1ccc(CNC(=O)C(C23CC4CC(CC(C4)C2)C3)C23CC4CC(CC(C4)C2)C3)cc1. The van der Waals surface area contributed by atoms with Crippen LogP contribution in [0, 0.1) is 59.2 Å². The molecule has 1 aromatic carbocycles. The lowest BCUT2D eigenvalue weighted by Gasteiger charge is -2.66. The van der Waals surface area contributed by atoms with Gasteiger partial charge in [0.2, 0.25) is 5.91 Å². The number of aryl methyl sites for hydroxylation is 1. The van der Waals surface area contributed by atoms with Crippen molar-refractivity contribution < 1.29 is 4.79 Å². The van der Waals surface area contributed by atoms with Crippen molar-refractivity contribution in [1.29, 1.82) is 0 Å². The molecule has 9 rings (SSSR count). The average Bonchev–Trinajstić information content (AvgIpc) is 2.71. The standard InChI is InChI=1S/C30H41NO/c1-19-2-4-20(5-3-19)18-31-28(32)27(29-12-21-6-22(13-29)8-23(7-21)14-29)30-15-24-9-25(16-30)11-26(10-24)17-30/h2-5,21-27H,6-18H2,1H3,(H,31,32). The van der Waals surface area contributed by atoms with Crippen molar-refractivity contribution in [3.63, 3.8) is 0 Å². The predicted octanol–water partition coefficient (Wildman–Crippen LogP) is 6.66. The normalized spacial score (nSPS) is 46.4. The van der Waals surface area contributed by atoms with Crippen LogP contribution in [-0.2, 0) is 11.3 Å². The molecule has 0 atom stereocenters. The minimum Gasteiger partial charge on any atom is -0.352 e. The molecule has 8 bridgehead atoms. The molecule has 32 heavy (non-hydrogen) atoms. The lowest BCUT2D eigenvalue weighted by Crippen LogP contribution is -2.61. The smallest absolute Gasteiger partial charge is 0.224 e. The first-order valence-corrected chi connectivity index (χ1v) is 13.8. The van der Waals surface area contributed by atoms with Crippen LogP contribution in [0.5, 0.6) is 0 Å². The summed E-state index contributed by atoms with van der Waals surface area (Å²) in [5, 5.41) is 3.53. The number of hydrogen-bond acceptors (Lipinski definition) is 1. The second kappa shape index (κ2) is 7.09. The second-order valence-electron chi connectivity index (χ2n) is 13.7. The van der Waals surface area contributed by atoms with E-state index in [0.29, 0.717) is 23.3 Å². The van der Waals surface area contributed by atoms with Crippen LogP contribution >= 0.6 is 0 Å². The van der Waals surface area contributed by atoms with E-state index in [1.165, 1.54) is 88.2 Å². The second-order valence-corrected chi connectivity index (χ2v) is 13.7. The maximum absolute atomic E-state index is 14.3. The van der Waals surface area contributed by atoms with Crippen LogP contribution in [0.3, 0.4) is 0 Å². The van der Waals surface area contributed by atoms with Crippen molar-refractivity contribution in [3.8, 4) is 0 Å². The lowest BCUT2D eigenvalue weighted by atomic mass is 9.38. The Hall–Kier alpha value is -1.31. The number of benzene rings is 1. The molecule has 0 unspecified atom stereocenters. The molecule has 8 aliphatic carbocycles. The third-order valence-corrected chi connectivity index (χ3v) is 11.2. The Kier molecular flexibility index (Phi) is 4.46. The van der Waals surface area contributed by atoms with Crippen LogP contribution in [0.1, 0.15) is 88.2 Å². The molecule has 8 fully saturated rings. The fourth-order valence-corrected chi connectivity index (χ4v) is 11.3. The highest BCUT2D eigenvalue weighted by molar-refractivity contribution is 5.80. The molecule has 1 aromatic rings. The molecule has 1 amide bonds. The van der Waals surface area contributed by atoms with Crippen LogP contribution in [-0.4, -0.2) is 5.91 Å².